The standard InChI is InChI=1S/C23H17Cl2N3O3S2/c24-19-7-3-1-5-14(19)12-30-17-9-16(21(29)26-22-27-28-23(32)33-22)10-18(11-17)31-13-15-6-2-4-8-20(15)25/h1-11H,12-13H2,(H,28,32)(H,26,27,29). The Bertz CT molecular complexity index is 1270. The molecule has 0 bridgehead atoms. The van der Waals surface area contributed by atoms with Crippen molar-refractivity contribution < 1.29 is 14.3 Å². The number of nitrogens with zero attached hydrogens (tertiary/aromatic N) is 1. The molecule has 3 aromatic carbocycles. The molecule has 0 radical (unpaired) electrons. The van der Waals surface area contributed by atoms with Crippen molar-refractivity contribution in [2.45, 2.75) is 13.2 Å². The van der Waals surface area contributed by atoms with Gasteiger partial charge in [-0.1, -0.05) is 70.9 Å². The number of anilines is 1. The van der Waals surface area contributed by atoms with E-state index < -0.39 is 0 Å². The van der Waals surface area contributed by atoms with Gasteiger partial charge in [-0.15, -0.1) is 5.10 Å². The predicted molar refractivity (Wildman–Crippen MR) is 133 cm³/mol. The topological polar surface area (TPSA) is 76.2 Å². The summed E-state index contributed by atoms with van der Waals surface area (Å²) in [4.78, 5) is 12.8. The van der Waals surface area contributed by atoms with Crippen molar-refractivity contribution in [2.24, 2.45) is 0 Å². The highest BCUT2D eigenvalue weighted by atomic mass is 35.5. The first-order valence-electron chi connectivity index (χ1n) is 9.72. The van der Waals surface area contributed by atoms with Crippen molar-refractivity contribution >= 4 is 57.8 Å². The Morgan fingerprint density at radius 2 is 1.48 bits per heavy atom. The molecule has 0 aliphatic rings. The summed E-state index contributed by atoms with van der Waals surface area (Å²) >= 11 is 18.6. The van der Waals surface area contributed by atoms with Crippen LogP contribution in [0.2, 0.25) is 10.0 Å². The van der Waals surface area contributed by atoms with Gasteiger partial charge in [-0.2, -0.15) is 0 Å². The van der Waals surface area contributed by atoms with Crippen LogP contribution in [0, 0.1) is 3.95 Å². The molecule has 4 rings (SSSR count). The van der Waals surface area contributed by atoms with Crippen LogP contribution >= 0.6 is 46.8 Å². The molecule has 0 saturated carbocycles. The highest BCUT2D eigenvalue weighted by Crippen LogP contribution is 2.27. The zero-order valence-corrected chi connectivity index (χ0v) is 20.2. The van der Waals surface area contributed by atoms with Gasteiger partial charge >= 0.3 is 0 Å². The van der Waals surface area contributed by atoms with Crippen molar-refractivity contribution in [3.05, 3.63) is 97.4 Å². The van der Waals surface area contributed by atoms with Gasteiger partial charge in [0, 0.05) is 32.8 Å². The molecule has 0 saturated heterocycles. The average Bonchev–Trinajstić information content (AvgIpc) is 3.22. The summed E-state index contributed by atoms with van der Waals surface area (Å²) in [6.07, 6.45) is 0. The lowest BCUT2D eigenvalue weighted by molar-refractivity contribution is 0.102. The fraction of sp³-hybridized carbons (Fsp3) is 0.0870. The van der Waals surface area contributed by atoms with E-state index in [1.807, 2.05) is 36.4 Å². The Kier molecular flexibility index (Phi) is 7.61. The molecule has 0 aliphatic heterocycles. The van der Waals surface area contributed by atoms with E-state index in [0.717, 1.165) is 22.5 Å². The van der Waals surface area contributed by atoms with Crippen molar-refractivity contribution in [3.63, 3.8) is 0 Å². The second-order valence-electron chi connectivity index (χ2n) is 6.83. The van der Waals surface area contributed by atoms with Crippen LogP contribution < -0.4 is 14.8 Å². The first-order valence-corrected chi connectivity index (χ1v) is 11.7. The number of nitrogens with one attached hydrogen (secondary N) is 2. The summed E-state index contributed by atoms with van der Waals surface area (Å²) < 4.78 is 12.3. The van der Waals surface area contributed by atoms with E-state index in [2.05, 4.69) is 15.5 Å². The number of aromatic amines is 1. The van der Waals surface area contributed by atoms with Gasteiger partial charge in [-0.25, -0.2) is 0 Å². The van der Waals surface area contributed by atoms with Crippen molar-refractivity contribution in [2.75, 3.05) is 5.32 Å². The van der Waals surface area contributed by atoms with Crippen LogP contribution in [-0.2, 0) is 13.2 Å². The van der Waals surface area contributed by atoms with Crippen LogP contribution in [0.15, 0.2) is 66.7 Å². The number of ether oxygens (including phenoxy) is 2. The number of rotatable bonds is 8. The summed E-state index contributed by atoms with van der Waals surface area (Å²) in [5, 5.41) is 10.9. The number of carbonyl (C=O) groups is 1. The van der Waals surface area contributed by atoms with Crippen LogP contribution in [-0.4, -0.2) is 16.1 Å². The molecule has 2 N–H and O–H groups in total. The second-order valence-corrected chi connectivity index (χ2v) is 9.31. The van der Waals surface area contributed by atoms with Gasteiger partial charge in [-0.3, -0.25) is 15.2 Å². The third-order valence-corrected chi connectivity index (χ3v) is 6.25. The second kappa shape index (κ2) is 10.8. The van der Waals surface area contributed by atoms with Gasteiger partial charge in [0.2, 0.25) is 5.13 Å². The fourth-order valence-electron chi connectivity index (χ4n) is 2.88. The number of hydrogen-bond acceptors (Lipinski definition) is 6. The molecule has 0 spiro atoms. The minimum Gasteiger partial charge on any atom is -0.489 e. The summed E-state index contributed by atoms with van der Waals surface area (Å²) in [5.41, 5.74) is 1.98. The van der Waals surface area contributed by atoms with Crippen LogP contribution in [0.25, 0.3) is 0 Å². The number of hydrogen-bond donors (Lipinski definition) is 2. The molecule has 10 heteroatoms. The fourth-order valence-corrected chi connectivity index (χ4v) is 4.04. The molecule has 0 fully saturated rings. The molecule has 1 aromatic heterocycles. The smallest absolute Gasteiger partial charge is 0.257 e. The van der Waals surface area contributed by atoms with Gasteiger partial charge in [-0.05, 0) is 36.5 Å². The summed E-state index contributed by atoms with van der Waals surface area (Å²) in [5.74, 6) is 0.524. The summed E-state index contributed by atoms with van der Waals surface area (Å²) in [6.45, 7) is 0.463. The van der Waals surface area contributed by atoms with Crippen LogP contribution in [0.5, 0.6) is 11.5 Å². The Balaban J connectivity index is 1.57. The molecule has 0 atom stereocenters. The largest absolute Gasteiger partial charge is 0.489 e. The molecular weight excluding hydrogens is 501 g/mol. The molecular formula is C23H17Cl2N3O3S2. The number of H-pyrrole nitrogens is 1. The number of benzene rings is 3. The van der Waals surface area contributed by atoms with E-state index in [1.54, 1.807) is 30.3 Å². The lowest BCUT2D eigenvalue weighted by atomic mass is 10.2. The van der Waals surface area contributed by atoms with E-state index in [0.29, 0.717) is 36.2 Å². The Labute approximate surface area is 209 Å². The van der Waals surface area contributed by atoms with Crippen molar-refractivity contribution in [1.82, 2.24) is 10.2 Å². The highest BCUT2D eigenvalue weighted by Gasteiger charge is 2.13. The minimum atomic E-state index is -0.376. The number of halogens is 2. The van der Waals surface area contributed by atoms with Crippen LogP contribution in [0.4, 0.5) is 5.13 Å². The van der Waals surface area contributed by atoms with Crippen molar-refractivity contribution in [1.29, 1.82) is 0 Å². The van der Waals surface area contributed by atoms with Gasteiger partial charge in [0.25, 0.3) is 5.91 Å². The zero-order valence-electron chi connectivity index (χ0n) is 17.0. The van der Waals surface area contributed by atoms with Gasteiger partial charge < -0.3 is 9.47 Å². The van der Waals surface area contributed by atoms with E-state index in [1.165, 1.54) is 0 Å². The maximum absolute atomic E-state index is 12.8. The quantitative estimate of drug-likeness (QED) is 0.248. The zero-order chi connectivity index (χ0) is 23.2. The lowest BCUT2D eigenvalue weighted by Crippen LogP contribution is -2.12. The molecule has 1 amide bonds. The molecule has 33 heavy (non-hydrogen) atoms. The van der Waals surface area contributed by atoms with E-state index in [4.69, 9.17) is 44.9 Å². The molecule has 0 aliphatic carbocycles. The number of amides is 1. The lowest BCUT2D eigenvalue weighted by Gasteiger charge is -2.13. The maximum Gasteiger partial charge on any atom is 0.257 e. The third-order valence-electron chi connectivity index (χ3n) is 4.51. The minimum absolute atomic E-state index is 0.232. The first kappa shape index (κ1) is 23.3. The maximum atomic E-state index is 12.8. The Morgan fingerprint density at radius 1 is 0.939 bits per heavy atom. The van der Waals surface area contributed by atoms with E-state index >= 15 is 0 Å². The number of aromatic nitrogens is 2. The van der Waals surface area contributed by atoms with E-state index in [9.17, 15) is 4.79 Å². The first-order chi connectivity index (χ1) is 16.0. The third kappa shape index (κ3) is 6.33. The van der Waals surface area contributed by atoms with Gasteiger partial charge in [0.05, 0.1) is 0 Å². The summed E-state index contributed by atoms with van der Waals surface area (Å²) in [7, 11) is 0. The van der Waals surface area contributed by atoms with Crippen LogP contribution in [0.3, 0.4) is 0 Å². The molecule has 168 valence electrons. The highest BCUT2D eigenvalue weighted by molar-refractivity contribution is 7.73. The number of carbonyl (C=O) groups excluding carboxylic acids is 1. The molecule has 6 nitrogen and oxygen atoms in total. The molecule has 4 aromatic rings. The predicted octanol–water partition coefficient (Wildman–Crippen LogP) is 6.92. The Morgan fingerprint density at radius 3 is 1.97 bits per heavy atom. The normalized spacial score (nSPS) is 10.6. The SMILES string of the molecule is O=C(Nc1n[nH]c(=S)s1)c1cc(OCc2ccccc2Cl)cc(OCc2ccccc2Cl)c1. The van der Waals surface area contributed by atoms with Gasteiger partial charge in [0.1, 0.15) is 24.7 Å². The summed E-state index contributed by atoms with van der Waals surface area (Å²) in [6, 6.07) is 19.8. The average molecular weight is 518 g/mol. The van der Waals surface area contributed by atoms with E-state index in [-0.39, 0.29) is 19.1 Å². The monoisotopic (exact) mass is 517 g/mol. The Hall–Kier alpha value is -2.91. The van der Waals surface area contributed by atoms with Crippen LogP contribution in [0.1, 0.15) is 21.5 Å². The van der Waals surface area contributed by atoms with Gasteiger partial charge in [0.15, 0.2) is 3.95 Å². The van der Waals surface area contributed by atoms with Crippen molar-refractivity contribution in [3.8, 4) is 11.5 Å². The molecule has 0 unspecified atom stereocenters. The molecule has 1 heterocycles.